The van der Waals surface area contributed by atoms with E-state index in [1.165, 1.54) is 54.6 Å². The molecule has 0 saturated heterocycles. The molecular formula is C20H12N4O6. The van der Waals surface area contributed by atoms with E-state index in [-0.39, 0.29) is 28.4 Å². The lowest BCUT2D eigenvalue weighted by molar-refractivity contribution is -0.385. The second-order valence-corrected chi connectivity index (χ2v) is 5.93. The Morgan fingerprint density at radius 2 is 1.50 bits per heavy atom. The molecule has 0 spiro atoms. The van der Waals surface area contributed by atoms with Gasteiger partial charge < -0.3 is 9.73 Å². The van der Waals surface area contributed by atoms with Crippen molar-refractivity contribution in [3.63, 3.8) is 0 Å². The van der Waals surface area contributed by atoms with Crippen LogP contribution in [0.2, 0.25) is 0 Å². The summed E-state index contributed by atoms with van der Waals surface area (Å²) in [5.74, 6) is -0.0670. The Labute approximate surface area is 169 Å². The molecule has 2 aromatic carbocycles. The van der Waals surface area contributed by atoms with Crippen LogP contribution in [-0.2, 0) is 4.79 Å². The number of nitro groups is 2. The third-order valence-corrected chi connectivity index (χ3v) is 3.98. The molecule has 3 rings (SSSR count). The zero-order chi connectivity index (χ0) is 21.7. The van der Waals surface area contributed by atoms with E-state index in [1.54, 1.807) is 18.2 Å². The van der Waals surface area contributed by atoms with E-state index in [9.17, 15) is 30.3 Å². The number of nitro benzene ring substituents is 2. The Morgan fingerprint density at radius 1 is 0.933 bits per heavy atom. The maximum Gasteiger partial charge on any atom is 0.269 e. The molecule has 30 heavy (non-hydrogen) atoms. The summed E-state index contributed by atoms with van der Waals surface area (Å²) in [4.78, 5) is 32.6. The lowest BCUT2D eigenvalue weighted by atomic mass is 10.1. The van der Waals surface area contributed by atoms with E-state index < -0.39 is 15.8 Å². The first-order valence-corrected chi connectivity index (χ1v) is 8.39. The van der Waals surface area contributed by atoms with E-state index >= 15 is 0 Å². The van der Waals surface area contributed by atoms with Crippen molar-refractivity contribution >= 4 is 29.0 Å². The average Bonchev–Trinajstić information content (AvgIpc) is 3.21. The number of rotatable bonds is 6. The number of carbonyl (C=O) groups is 1. The van der Waals surface area contributed by atoms with Gasteiger partial charge in [-0.15, -0.1) is 0 Å². The van der Waals surface area contributed by atoms with Gasteiger partial charge in [-0.1, -0.05) is 0 Å². The topological polar surface area (TPSA) is 152 Å². The van der Waals surface area contributed by atoms with E-state index in [0.29, 0.717) is 11.3 Å². The first kappa shape index (κ1) is 20.0. The Hall–Kier alpha value is -4.78. The van der Waals surface area contributed by atoms with Crippen LogP contribution in [0.15, 0.2) is 70.7 Å². The number of nitriles is 1. The number of amides is 1. The molecule has 0 aliphatic carbocycles. The quantitative estimate of drug-likeness (QED) is 0.278. The van der Waals surface area contributed by atoms with Gasteiger partial charge in [-0.2, -0.15) is 5.26 Å². The van der Waals surface area contributed by atoms with Crippen LogP contribution in [0, 0.1) is 31.6 Å². The third kappa shape index (κ3) is 4.55. The van der Waals surface area contributed by atoms with Crippen LogP contribution in [0.5, 0.6) is 0 Å². The highest BCUT2D eigenvalue weighted by atomic mass is 16.6. The van der Waals surface area contributed by atoms with E-state index in [2.05, 4.69) is 5.32 Å². The van der Waals surface area contributed by atoms with Crippen molar-refractivity contribution in [2.45, 2.75) is 0 Å². The molecule has 3 aromatic rings. The third-order valence-electron chi connectivity index (χ3n) is 3.98. The minimum absolute atomic E-state index is 0.0555. The summed E-state index contributed by atoms with van der Waals surface area (Å²) in [6, 6.07) is 15.8. The number of nitrogens with zero attached hydrogens (tertiary/aromatic N) is 3. The first-order valence-electron chi connectivity index (χ1n) is 8.39. The maximum absolute atomic E-state index is 12.3. The van der Waals surface area contributed by atoms with Gasteiger partial charge in [-0.25, -0.2) is 0 Å². The van der Waals surface area contributed by atoms with Crippen LogP contribution < -0.4 is 5.32 Å². The number of benzene rings is 2. The molecule has 1 amide bonds. The van der Waals surface area contributed by atoms with Crippen LogP contribution in [0.4, 0.5) is 17.1 Å². The normalized spacial score (nSPS) is 10.8. The molecule has 10 heteroatoms. The van der Waals surface area contributed by atoms with Gasteiger partial charge in [-0.05, 0) is 36.4 Å². The summed E-state index contributed by atoms with van der Waals surface area (Å²) in [6.07, 6.45) is 1.25. The fourth-order valence-electron chi connectivity index (χ4n) is 2.49. The summed E-state index contributed by atoms with van der Waals surface area (Å²) in [7, 11) is 0. The minimum atomic E-state index is -0.709. The van der Waals surface area contributed by atoms with Gasteiger partial charge in [-0.3, -0.25) is 25.0 Å². The van der Waals surface area contributed by atoms with E-state index in [1.807, 2.05) is 0 Å². The van der Waals surface area contributed by atoms with E-state index in [4.69, 9.17) is 4.42 Å². The van der Waals surface area contributed by atoms with Crippen LogP contribution in [0.3, 0.4) is 0 Å². The fourth-order valence-corrected chi connectivity index (χ4v) is 2.49. The van der Waals surface area contributed by atoms with Crippen molar-refractivity contribution < 1.29 is 19.1 Å². The Morgan fingerprint density at radius 3 is 2.03 bits per heavy atom. The predicted molar refractivity (Wildman–Crippen MR) is 106 cm³/mol. The highest BCUT2D eigenvalue weighted by molar-refractivity contribution is 6.09. The van der Waals surface area contributed by atoms with Gasteiger partial charge in [0.2, 0.25) is 0 Å². The molecule has 0 unspecified atom stereocenters. The number of nitrogens with one attached hydrogen (secondary N) is 1. The summed E-state index contributed by atoms with van der Waals surface area (Å²) >= 11 is 0. The fraction of sp³-hybridized carbons (Fsp3) is 0. The van der Waals surface area contributed by atoms with Gasteiger partial charge in [0.1, 0.15) is 23.2 Å². The zero-order valence-electron chi connectivity index (χ0n) is 15.1. The number of hydrogen-bond acceptors (Lipinski definition) is 7. The molecule has 148 valence electrons. The molecule has 0 aliphatic rings. The van der Waals surface area contributed by atoms with Crippen molar-refractivity contribution in [2.75, 3.05) is 5.32 Å². The maximum atomic E-state index is 12.3. The van der Waals surface area contributed by atoms with Crippen LogP contribution in [-0.4, -0.2) is 15.8 Å². The average molecular weight is 404 g/mol. The molecule has 1 N–H and O–H groups in total. The lowest BCUT2D eigenvalue weighted by Gasteiger charge is -2.03. The Kier molecular flexibility index (Phi) is 5.65. The summed E-state index contributed by atoms with van der Waals surface area (Å²) in [5.41, 5.74) is 0.461. The van der Waals surface area contributed by atoms with Gasteiger partial charge >= 0.3 is 0 Å². The zero-order valence-corrected chi connectivity index (χ0v) is 15.1. The largest absolute Gasteiger partial charge is 0.457 e. The molecule has 0 radical (unpaired) electrons. The highest BCUT2D eigenvalue weighted by Crippen LogP contribution is 2.25. The van der Waals surface area contributed by atoms with Gasteiger partial charge in [0.05, 0.1) is 9.85 Å². The SMILES string of the molecule is N#CC(=Cc1ccc(-c2ccc([N+](=O)[O-])cc2)o1)C(=O)Nc1ccc([N+](=O)[O-])cc1. The highest BCUT2D eigenvalue weighted by Gasteiger charge is 2.13. The molecule has 0 saturated carbocycles. The Balaban J connectivity index is 1.75. The summed E-state index contributed by atoms with van der Waals surface area (Å²) in [5, 5.41) is 33.2. The lowest BCUT2D eigenvalue weighted by Crippen LogP contribution is -2.13. The number of hydrogen-bond donors (Lipinski definition) is 1. The second kappa shape index (κ2) is 8.49. The van der Waals surface area contributed by atoms with Crippen molar-refractivity contribution in [1.29, 1.82) is 5.26 Å². The predicted octanol–water partition coefficient (Wildman–Crippen LogP) is 4.31. The summed E-state index contributed by atoms with van der Waals surface area (Å²) < 4.78 is 5.59. The smallest absolute Gasteiger partial charge is 0.269 e. The molecule has 0 atom stereocenters. The minimum Gasteiger partial charge on any atom is -0.457 e. The second-order valence-electron chi connectivity index (χ2n) is 5.93. The standard InChI is InChI=1S/C20H12N4O6/c21-12-14(20(25)22-15-3-7-17(8-4-15)24(28)29)11-18-9-10-19(30-18)13-1-5-16(6-2-13)23(26)27/h1-11H,(H,22,25). The molecule has 1 heterocycles. The molecular weight excluding hydrogens is 392 g/mol. The monoisotopic (exact) mass is 404 g/mol. The molecule has 10 nitrogen and oxygen atoms in total. The van der Waals surface area contributed by atoms with Crippen LogP contribution in [0.25, 0.3) is 17.4 Å². The molecule has 0 aliphatic heterocycles. The Bertz CT molecular complexity index is 1190. The van der Waals surface area contributed by atoms with Crippen molar-refractivity contribution in [3.8, 4) is 17.4 Å². The first-order chi connectivity index (χ1) is 14.4. The van der Waals surface area contributed by atoms with Crippen molar-refractivity contribution in [3.05, 3.63) is 92.2 Å². The molecule has 0 bridgehead atoms. The van der Waals surface area contributed by atoms with Gasteiger partial charge in [0.15, 0.2) is 0 Å². The van der Waals surface area contributed by atoms with Gasteiger partial charge in [0.25, 0.3) is 17.3 Å². The molecule has 1 aromatic heterocycles. The summed E-state index contributed by atoms with van der Waals surface area (Å²) in [6.45, 7) is 0. The molecule has 0 fully saturated rings. The van der Waals surface area contributed by atoms with Gasteiger partial charge in [0, 0.05) is 41.6 Å². The number of anilines is 1. The van der Waals surface area contributed by atoms with Crippen molar-refractivity contribution in [1.82, 2.24) is 0 Å². The van der Waals surface area contributed by atoms with Crippen molar-refractivity contribution in [2.24, 2.45) is 0 Å². The van der Waals surface area contributed by atoms with Crippen LogP contribution >= 0.6 is 0 Å². The number of carbonyl (C=O) groups excluding carboxylic acids is 1. The van der Waals surface area contributed by atoms with Crippen LogP contribution in [0.1, 0.15) is 5.76 Å². The number of non-ortho nitro benzene ring substituents is 2. The van der Waals surface area contributed by atoms with E-state index in [0.717, 1.165) is 0 Å². The number of furan rings is 1.